The summed E-state index contributed by atoms with van der Waals surface area (Å²) in [6.45, 7) is 0. The molecule has 3 rings (SSSR count). The van der Waals surface area contributed by atoms with E-state index < -0.39 is 0 Å². The molecule has 0 saturated heterocycles. The molecule has 1 saturated carbocycles. The van der Waals surface area contributed by atoms with Gasteiger partial charge < -0.3 is 11.1 Å². The van der Waals surface area contributed by atoms with Crippen LogP contribution in [-0.4, -0.2) is 17.8 Å². The van der Waals surface area contributed by atoms with Crippen LogP contribution in [0.4, 0.5) is 4.39 Å². The molecule has 1 atom stereocenters. The molecule has 1 aliphatic heterocycles. The summed E-state index contributed by atoms with van der Waals surface area (Å²) in [6, 6.07) is 6.31. The first-order valence-corrected chi connectivity index (χ1v) is 7.15. The van der Waals surface area contributed by atoms with Crippen LogP contribution in [-0.2, 0) is 0 Å². The monoisotopic (exact) mass is 252 g/mol. The lowest BCUT2D eigenvalue weighted by Crippen LogP contribution is -2.49. The van der Waals surface area contributed by atoms with E-state index in [0.29, 0.717) is 18.1 Å². The van der Waals surface area contributed by atoms with Crippen LogP contribution in [0.3, 0.4) is 0 Å². The molecule has 1 aliphatic carbocycles. The molecule has 4 heteroatoms. The maximum Gasteiger partial charge on any atom is 0.123 e. The van der Waals surface area contributed by atoms with Crippen LogP contribution in [0, 0.1) is 5.82 Å². The van der Waals surface area contributed by atoms with Crippen LogP contribution in [0.2, 0.25) is 0 Å². The number of halogens is 1. The van der Waals surface area contributed by atoms with Gasteiger partial charge in [0, 0.05) is 23.0 Å². The molecule has 0 radical (unpaired) electrons. The zero-order valence-electron chi connectivity index (χ0n) is 9.66. The van der Waals surface area contributed by atoms with Crippen LogP contribution < -0.4 is 11.1 Å². The van der Waals surface area contributed by atoms with E-state index in [-0.39, 0.29) is 5.82 Å². The Morgan fingerprint density at radius 3 is 2.94 bits per heavy atom. The van der Waals surface area contributed by atoms with E-state index in [4.69, 9.17) is 5.73 Å². The second-order valence-electron chi connectivity index (χ2n) is 4.97. The van der Waals surface area contributed by atoms with E-state index >= 15 is 0 Å². The van der Waals surface area contributed by atoms with Gasteiger partial charge in [0.1, 0.15) is 5.82 Å². The first-order chi connectivity index (χ1) is 8.22. The number of rotatable bonds is 2. The Hall–Kier alpha value is -0.580. The number of hydrogen-bond donors (Lipinski definition) is 2. The third kappa shape index (κ3) is 2.34. The van der Waals surface area contributed by atoms with E-state index in [1.165, 1.54) is 4.90 Å². The fourth-order valence-electron chi connectivity index (χ4n) is 2.62. The highest BCUT2D eigenvalue weighted by Gasteiger charge is 2.30. The minimum absolute atomic E-state index is 0.136. The minimum atomic E-state index is -0.136. The molecule has 0 aromatic heterocycles. The Balaban J connectivity index is 1.76. The van der Waals surface area contributed by atoms with E-state index in [0.717, 1.165) is 30.6 Å². The van der Waals surface area contributed by atoms with Crippen molar-refractivity contribution in [3.63, 3.8) is 0 Å². The zero-order valence-corrected chi connectivity index (χ0v) is 10.5. The van der Waals surface area contributed by atoms with Crippen LogP contribution in [0.5, 0.6) is 0 Å². The van der Waals surface area contributed by atoms with Gasteiger partial charge in [-0.25, -0.2) is 4.39 Å². The first-order valence-electron chi connectivity index (χ1n) is 6.16. The minimum Gasteiger partial charge on any atom is -0.328 e. The third-order valence-corrected chi connectivity index (χ3v) is 4.75. The fourth-order valence-corrected chi connectivity index (χ4v) is 3.73. The van der Waals surface area contributed by atoms with Crippen molar-refractivity contribution in [2.75, 3.05) is 5.75 Å². The normalized spacial score (nSPS) is 31.8. The maximum absolute atomic E-state index is 13.3. The van der Waals surface area contributed by atoms with Gasteiger partial charge in [-0.2, -0.15) is 0 Å². The maximum atomic E-state index is 13.3. The van der Waals surface area contributed by atoms with Gasteiger partial charge in [-0.15, -0.1) is 11.8 Å². The average molecular weight is 252 g/mol. The number of hydrogen-bond acceptors (Lipinski definition) is 3. The SMILES string of the molecule is NC1CC(NC2CCSc3ccc(F)cc32)C1. The first kappa shape index (κ1) is 11.5. The molecule has 1 aromatic carbocycles. The number of nitrogens with one attached hydrogen (secondary N) is 1. The second kappa shape index (κ2) is 4.59. The predicted octanol–water partition coefficient (Wildman–Crippen LogP) is 2.44. The van der Waals surface area contributed by atoms with Crippen LogP contribution in [0.25, 0.3) is 0 Å². The van der Waals surface area contributed by atoms with Crippen molar-refractivity contribution >= 4 is 11.8 Å². The number of fused-ring (bicyclic) bond motifs is 1. The fraction of sp³-hybridized carbons (Fsp3) is 0.538. The van der Waals surface area contributed by atoms with Crippen molar-refractivity contribution in [2.24, 2.45) is 5.73 Å². The van der Waals surface area contributed by atoms with Gasteiger partial charge >= 0.3 is 0 Å². The lowest BCUT2D eigenvalue weighted by atomic mass is 9.86. The van der Waals surface area contributed by atoms with Gasteiger partial charge in [0.25, 0.3) is 0 Å². The van der Waals surface area contributed by atoms with Crippen molar-refractivity contribution in [3.05, 3.63) is 29.6 Å². The van der Waals surface area contributed by atoms with Gasteiger partial charge in [0.2, 0.25) is 0 Å². The highest BCUT2D eigenvalue weighted by Crippen LogP contribution is 2.37. The summed E-state index contributed by atoms with van der Waals surface area (Å²) in [5.41, 5.74) is 6.92. The number of benzene rings is 1. The van der Waals surface area contributed by atoms with Crippen LogP contribution in [0.15, 0.2) is 23.1 Å². The molecular weight excluding hydrogens is 235 g/mol. The van der Waals surface area contributed by atoms with Gasteiger partial charge in [0.05, 0.1) is 0 Å². The summed E-state index contributed by atoms with van der Waals surface area (Å²) in [5.74, 6) is 0.970. The lowest BCUT2D eigenvalue weighted by molar-refractivity contribution is 0.262. The second-order valence-corrected chi connectivity index (χ2v) is 6.10. The Morgan fingerprint density at radius 2 is 2.18 bits per heavy atom. The Bertz CT molecular complexity index is 418. The summed E-state index contributed by atoms with van der Waals surface area (Å²) in [5, 5.41) is 3.61. The van der Waals surface area contributed by atoms with Crippen molar-refractivity contribution in [1.82, 2.24) is 5.32 Å². The molecule has 17 heavy (non-hydrogen) atoms. The predicted molar refractivity (Wildman–Crippen MR) is 68.6 cm³/mol. The van der Waals surface area contributed by atoms with E-state index in [1.54, 1.807) is 12.1 Å². The molecule has 1 heterocycles. The molecule has 0 spiro atoms. The molecule has 2 nitrogen and oxygen atoms in total. The molecule has 3 N–H and O–H groups in total. The Morgan fingerprint density at radius 1 is 1.35 bits per heavy atom. The summed E-state index contributed by atoms with van der Waals surface area (Å²) in [6.07, 6.45) is 3.18. The van der Waals surface area contributed by atoms with Gasteiger partial charge in [-0.1, -0.05) is 0 Å². The Kier molecular flexibility index (Phi) is 3.11. The molecular formula is C13H17FN2S. The van der Waals surface area contributed by atoms with E-state index in [1.807, 2.05) is 17.8 Å². The summed E-state index contributed by atoms with van der Waals surface area (Å²) in [4.78, 5) is 1.22. The molecule has 1 fully saturated rings. The molecule has 92 valence electrons. The van der Waals surface area contributed by atoms with Crippen molar-refractivity contribution in [2.45, 2.75) is 42.3 Å². The van der Waals surface area contributed by atoms with Crippen molar-refractivity contribution in [3.8, 4) is 0 Å². The topological polar surface area (TPSA) is 38.0 Å². The summed E-state index contributed by atoms with van der Waals surface area (Å²) in [7, 11) is 0. The summed E-state index contributed by atoms with van der Waals surface area (Å²) >= 11 is 1.82. The summed E-state index contributed by atoms with van der Waals surface area (Å²) < 4.78 is 13.3. The van der Waals surface area contributed by atoms with E-state index in [2.05, 4.69) is 5.32 Å². The zero-order chi connectivity index (χ0) is 11.8. The van der Waals surface area contributed by atoms with Crippen LogP contribution >= 0.6 is 11.8 Å². The standard InChI is InChI=1S/C13H17FN2S/c14-8-1-2-13-11(5-8)12(3-4-17-13)16-10-6-9(15)7-10/h1-2,5,9-10,12,16H,3-4,6-7,15H2. The molecule has 0 bridgehead atoms. The quantitative estimate of drug-likeness (QED) is 0.849. The van der Waals surface area contributed by atoms with Gasteiger partial charge in [-0.3, -0.25) is 0 Å². The Labute approximate surface area is 105 Å². The van der Waals surface area contributed by atoms with Gasteiger partial charge in [-0.05, 0) is 48.8 Å². The van der Waals surface area contributed by atoms with Crippen LogP contribution in [0.1, 0.15) is 30.9 Å². The lowest BCUT2D eigenvalue weighted by Gasteiger charge is -2.38. The van der Waals surface area contributed by atoms with Crippen molar-refractivity contribution in [1.29, 1.82) is 0 Å². The number of thioether (sulfide) groups is 1. The van der Waals surface area contributed by atoms with Gasteiger partial charge in [0.15, 0.2) is 0 Å². The molecule has 0 amide bonds. The smallest absolute Gasteiger partial charge is 0.123 e. The highest BCUT2D eigenvalue weighted by atomic mass is 32.2. The highest BCUT2D eigenvalue weighted by molar-refractivity contribution is 7.99. The largest absolute Gasteiger partial charge is 0.328 e. The molecule has 2 aliphatic rings. The van der Waals surface area contributed by atoms with E-state index in [9.17, 15) is 4.39 Å². The average Bonchev–Trinajstić information content (AvgIpc) is 2.28. The molecule has 1 unspecified atom stereocenters. The molecule has 1 aromatic rings. The third-order valence-electron chi connectivity index (χ3n) is 3.62. The number of nitrogens with two attached hydrogens (primary N) is 1. The van der Waals surface area contributed by atoms with Crippen molar-refractivity contribution < 1.29 is 4.39 Å².